The molecular weight excluding hydrogens is 176 g/mol. The van der Waals surface area contributed by atoms with Crippen LogP contribution in [0.2, 0.25) is 0 Å². The van der Waals surface area contributed by atoms with E-state index in [1.54, 1.807) is 7.11 Å². The molecule has 0 aliphatic heterocycles. The third-order valence-electron chi connectivity index (χ3n) is 2.80. The Morgan fingerprint density at radius 3 is 2.79 bits per heavy atom. The normalized spacial score (nSPS) is 15.1. The molecule has 0 unspecified atom stereocenters. The lowest BCUT2D eigenvalue weighted by Crippen LogP contribution is -2.14. The van der Waals surface area contributed by atoms with Crippen molar-refractivity contribution in [2.24, 2.45) is 0 Å². The third-order valence-corrected chi connectivity index (χ3v) is 2.80. The van der Waals surface area contributed by atoms with Gasteiger partial charge in [0.05, 0.1) is 7.11 Å². The molecule has 1 aromatic carbocycles. The van der Waals surface area contributed by atoms with Gasteiger partial charge in [0.2, 0.25) is 0 Å². The number of hydrogen-bond donors (Lipinski definition) is 0. The van der Waals surface area contributed by atoms with Gasteiger partial charge in [0.1, 0.15) is 11.5 Å². The molecule has 0 spiro atoms. The van der Waals surface area contributed by atoms with Gasteiger partial charge >= 0.3 is 0 Å². The molecule has 2 nitrogen and oxygen atoms in total. The highest BCUT2D eigenvalue weighted by Crippen LogP contribution is 2.31. The summed E-state index contributed by atoms with van der Waals surface area (Å²) in [5, 5.41) is 0. The second kappa shape index (κ2) is 3.45. The molecule has 0 atom stereocenters. The number of carbonyl (C=O) groups excluding carboxylic acids is 1. The third kappa shape index (κ3) is 1.41. The number of ether oxygens (including phenoxy) is 1. The van der Waals surface area contributed by atoms with Crippen molar-refractivity contribution in [3.8, 4) is 5.75 Å². The molecule has 1 aromatic rings. The van der Waals surface area contributed by atoms with Crippen molar-refractivity contribution < 1.29 is 9.53 Å². The summed E-state index contributed by atoms with van der Waals surface area (Å²) < 4.78 is 5.37. The SMILES string of the molecule is COc1c(C)ccc2c1CCC(=O)C2. The molecule has 14 heavy (non-hydrogen) atoms. The van der Waals surface area contributed by atoms with Gasteiger partial charge in [-0.05, 0) is 30.0 Å². The van der Waals surface area contributed by atoms with Gasteiger partial charge in [0, 0.05) is 12.8 Å². The lowest BCUT2D eigenvalue weighted by Gasteiger charge is -2.19. The van der Waals surface area contributed by atoms with Crippen molar-refractivity contribution in [2.75, 3.05) is 7.11 Å². The van der Waals surface area contributed by atoms with E-state index in [0.717, 1.165) is 23.3 Å². The molecule has 0 aromatic heterocycles. The molecule has 2 heteroatoms. The number of benzene rings is 1. The highest BCUT2D eigenvalue weighted by Gasteiger charge is 2.19. The molecule has 0 bridgehead atoms. The molecule has 0 radical (unpaired) electrons. The predicted octanol–water partition coefficient (Wildman–Crippen LogP) is 2.06. The maximum Gasteiger partial charge on any atom is 0.137 e. The molecule has 0 fully saturated rings. The number of carbonyl (C=O) groups is 1. The monoisotopic (exact) mass is 190 g/mol. The van der Waals surface area contributed by atoms with E-state index in [0.29, 0.717) is 18.6 Å². The van der Waals surface area contributed by atoms with Crippen LogP contribution < -0.4 is 4.74 Å². The van der Waals surface area contributed by atoms with Crippen LogP contribution in [0.3, 0.4) is 0 Å². The Kier molecular flexibility index (Phi) is 2.28. The Morgan fingerprint density at radius 2 is 2.07 bits per heavy atom. The summed E-state index contributed by atoms with van der Waals surface area (Å²) in [4.78, 5) is 11.3. The van der Waals surface area contributed by atoms with Gasteiger partial charge in [-0.25, -0.2) is 0 Å². The fourth-order valence-corrected chi connectivity index (χ4v) is 2.07. The molecule has 0 N–H and O–H groups in total. The molecule has 2 rings (SSSR count). The molecular formula is C12H14O2. The molecule has 0 saturated heterocycles. The molecule has 1 aliphatic carbocycles. The zero-order valence-electron chi connectivity index (χ0n) is 8.59. The molecule has 1 aliphatic rings. The van der Waals surface area contributed by atoms with Gasteiger partial charge in [0.25, 0.3) is 0 Å². The molecule has 74 valence electrons. The Hall–Kier alpha value is -1.31. The number of Topliss-reactive ketones (excluding diaryl/α,β-unsaturated/α-hetero) is 1. The first-order valence-corrected chi connectivity index (χ1v) is 4.89. The summed E-state index contributed by atoms with van der Waals surface area (Å²) in [7, 11) is 1.69. The number of methoxy groups -OCH3 is 1. The first-order valence-electron chi connectivity index (χ1n) is 4.89. The van der Waals surface area contributed by atoms with Gasteiger partial charge in [-0.3, -0.25) is 4.79 Å². The van der Waals surface area contributed by atoms with Crippen LogP contribution in [0.15, 0.2) is 12.1 Å². The van der Waals surface area contributed by atoms with Gasteiger partial charge < -0.3 is 4.74 Å². The topological polar surface area (TPSA) is 26.3 Å². The minimum absolute atomic E-state index is 0.336. The average Bonchev–Trinajstić information content (AvgIpc) is 2.18. The standard InChI is InChI=1S/C12H14O2/c1-8-3-4-9-7-10(13)5-6-11(9)12(8)14-2/h3-4H,5-7H2,1-2H3. The Balaban J connectivity index is 2.52. The summed E-state index contributed by atoms with van der Waals surface area (Å²) in [5.41, 5.74) is 3.52. The van der Waals surface area contributed by atoms with Crippen LogP contribution in [-0.2, 0) is 17.6 Å². The first-order chi connectivity index (χ1) is 6.72. The van der Waals surface area contributed by atoms with Gasteiger partial charge in [-0.2, -0.15) is 0 Å². The van der Waals surface area contributed by atoms with E-state index in [4.69, 9.17) is 4.74 Å². The Morgan fingerprint density at radius 1 is 1.29 bits per heavy atom. The van der Waals surface area contributed by atoms with Crippen molar-refractivity contribution in [1.29, 1.82) is 0 Å². The van der Waals surface area contributed by atoms with Crippen molar-refractivity contribution in [3.05, 3.63) is 28.8 Å². The Labute approximate surface area is 83.9 Å². The van der Waals surface area contributed by atoms with E-state index in [1.807, 2.05) is 19.1 Å². The van der Waals surface area contributed by atoms with Crippen LogP contribution in [-0.4, -0.2) is 12.9 Å². The lowest BCUT2D eigenvalue weighted by molar-refractivity contribution is -0.118. The maximum absolute atomic E-state index is 11.3. The van der Waals surface area contributed by atoms with E-state index in [1.165, 1.54) is 5.56 Å². The number of rotatable bonds is 1. The smallest absolute Gasteiger partial charge is 0.137 e. The van der Waals surface area contributed by atoms with Crippen LogP contribution >= 0.6 is 0 Å². The summed E-state index contributed by atoms with van der Waals surface area (Å²) in [6.45, 7) is 2.04. The van der Waals surface area contributed by atoms with Crippen LogP contribution in [0, 0.1) is 6.92 Å². The van der Waals surface area contributed by atoms with E-state index >= 15 is 0 Å². The van der Waals surface area contributed by atoms with Crippen LogP contribution in [0.5, 0.6) is 5.75 Å². The number of ketones is 1. The highest BCUT2D eigenvalue weighted by atomic mass is 16.5. The number of fused-ring (bicyclic) bond motifs is 1. The van der Waals surface area contributed by atoms with Crippen LogP contribution in [0.1, 0.15) is 23.1 Å². The Bertz CT molecular complexity index is 380. The molecule has 0 heterocycles. The largest absolute Gasteiger partial charge is 0.496 e. The minimum atomic E-state index is 0.336. The second-order valence-corrected chi connectivity index (χ2v) is 3.77. The second-order valence-electron chi connectivity index (χ2n) is 3.77. The van der Waals surface area contributed by atoms with Gasteiger partial charge in [0.15, 0.2) is 0 Å². The van der Waals surface area contributed by atoms with E-state index in [9.17, 15) is 4.79 Å². The zero-order valence-corrected chi connectivity index (χ0v) is 8.59. The van der Waals surface area contributed by atoms with E-state index in [2.05, 4.69) is 0 Å². The number of aryl methyl sites for hydroxylation is 1. The predicted molar refractivity (Wildman–Crippen MR) is 54.8 cm³/mol. The number of hydrogen-bond acceptors (Lipinski definition) is 2. The van der Waals surface area contributed by atoms with E-state index in [-0.39, 0.29) is 0 Å². The van der Waals surface area contributed by atoms with Crippen molar-refractivity contribution in [3.63, 3.8) is 0 Å². The fourth-order valence-electron chi connectivity index (χ4n) is 2.07. The minimum Gasteiger partial charge on any atom is -0.496 e. The van der Waals surface area contributed by atoms with E-state index < -0.39 is 0 Å². The summed E-state index contributed by atoms with van der Waals surface area (Å²) >= 11 is 0. The fraction of sp³-hybridized carbons (Fsp3) is 0.417. The average molecular weight is 190 g/mol. The zero-order chi connectivity index (χ0) is 10.1. The van der Waals surface area contributed by atoms with Crippen LogP contribution in [0.25, 0.3) is 0 Å². The van der Waals surface area contributed by atoms with Gasteiger partial charge in [-0.1, -0.05) is 12.1 Å². The molecule has 0 saturated carbocycles. The summed E-state index contributed by atoms with van der Waals surface area (Å²) in [6, 6.07) is 4.07. The first kappa shape index (κ1) is 9.25. The molecule has 0 amide bonds. The van der Waals surface area contributed by atoms with Crippen LogP contribution in [0.4, 0.5) is 0 Å². The maximum atomic E-state index is 11.3. The highest BCUT2D eigenvalue weighted by molar-refractivity contribution is 5.83. The van der Waals surface area contributed by atoms with Crippen molar-refractivity contribution in [2.45, 2.75) is 26.2 Å². The van der Waals surface area contributed by atoms with Crippen molar-refractivity contribution in [1.82, 2.24) is 0 Å². The van der Waals surface area contributed by atoms with Crippen molar-refractivity contribution >= 4 is 5.78 Å². The quantitative estimate of drug-likeness (QED) is 0.677. The summed E-state index contributed by atoms with van der Waals surface area (Å²) in [5.74, 6) is 1.30. The van der Waals surface area contributed by atoms with Gasteiger partial charge in [-0.15, -0.1) is 0 Å². The lowest BCUT2D eigenvalue weighted by atomic mass is 9.89. The summed E-state index contributed by atoms with van der Waals surface area (Å²) in [6.07, 6.45) is 2.07.